The summed E-state index contributed by atoms with van der Waals surface area (Å²) in [4.78, 5) is 0. The van der Waals surface area contributed by atoms with Crippen molar-refractivity contribution in [3.05, 3.63) is 16.9 Å². The lowest BCUT2D eigenvalue weighted by molar-refractivity contribution is 0.0446. The lowest BCUT2D eigenvalue weighted by Crippen LogP contribution is -2.26. The molecule has 104 valence electrons. The van der Waals surface area contributed by atoms with Crippen LogP contribution >= 0.6 is 11.6 Å². The molecule has 18 heavy (non-hydrogen) atoms. The van der Waals surface area contributed by atoms with E-state index in [1.54, 1.807) is 6.20 Å². The molecule has 0 aliphatic heterocycles. The topological polar surface area (TPSA) is 38.1 Å². The molecular weight excluding hydrogens is 248 g/mol. The molecule has 0 radical (unpaired) electrons. The van der Waals surface area contributed by atoms with Gasteiger partial charge in [0.15, 0.2) is 0 Å². The van der Waals surface area contributed by atoms with E-state index in [-0.39, 0.29) is 12.0 Å². The summed E-state index contributed by atoms with van der Waals surface area (Å²) in [7, 11) is 0. The number of hydrogen-bond acceptors (Lipinski definition) is 2. The number of rotatable bonds is 5. The summed E-state index contributed by atoms with van der Waals surface area (Å²) in [6.07, 6.45) is 1.06. The van der Waals surface area contributed by atoms with Crippen LogP contribution < -0.4 is 0 Å². The van der Waals surface area contributed by atoms with Gasteiger partial charge in [-0.2, -0.15) is 5.10 Å². The first-order valence-electron chi connectivity index (χ1n) is 6.68. The summed E-state index contributed by atoms with van der Waals surface area (Å²) < 4.78 is 1.82. The molecule has 0 bridgehead atoms. The zero-order valence-corrected chi connectivity index (χ0v) is 12.9. The Hall–Kier alpha value is -0.540. The molecule has 1 aromatic heterocycles. The van der Waals surface area contributed by atoms with Crippen molar-refractivity contribution < 1.29 is 5.11 Å². The van der Waals surface area contributed by atoms with E-state index in [9.17, 15) is 5.11 Å². The quantitative estimate of drug-likeness (QED) is 0.877. The van der Waals surface area contributed by atoms with Crippen LogP contribution in [0.15, 0.2) is 6.20 Å². The number of aliphatic hydroxyl groups is 1. The van der Waals surface area contributed by atoms with E-state index in [1.165, 1.54) is 0 Å². The summed E-state index contributed by atoms with van der Waals surface area (Å²) in [6.45, 7) is 12.6. The first kappa shape index (κ1) is 15.5. The Morgan fingerprint density at radius 1 is 1.11 bits per heavy atom. The molecule has 3 nitrogen and oxygen atoms in total. The van der Waals surface area contributed by atoms with E-state index in [0.29, 0.717) is 16.9 Å². The van der Waals surface area contributed by atoms with Crippen molar-refractivity contribution in [2.24, 2.45) is 17.8 Å². The van der Waals surface area contributed by atoms with Gasteiger partial charge in [0.2, 0.25) is 0 Å². The molecule has 1 heterocycles. The molecule has 1 aromatic rings. The average molecular weight is 273 g/mol. The van der Waals surface area contributed by atoms with Gasteiger partial charge in [-0.1, -0.05) is 39.3 Å². The standard InChI is InChI=1S/C14H25ClN2O/c1-8(2)12(9(3)4)14(18)13-11(15)7-16-17(13)10(5)6/h7-10,12,14,18H,1-6H3. The molecule has 0 saturated heterocycles. The molecule has 1 unspecified atom stereocenters. The summed E-state index contributed by atoms with van der Waals surface area (Å²) in [5.74, 6) is 0.967. The van der Waals surface area contributed by atoms with Gasteiger partial charge >= 0.3 is 0 Å². The number of aliphatic hydroxyl groups excluding tert-OH is 1. The highest BCUT2D eigenvalue weighted by Crippen LogP contribution is 2.37. The van der Waals surface area contributed by atoms with E-state index in [0.717, 1.165) is 5.69 Å². The smallest absolute Gasteiger partial charge is 0.100 e. The lowest BCUT2D eigenvalue weighted by Gasteiger charge is -2.31. The molecule has 1 rings (SSSR count). The second-order valence-electron chi connectivity index (χ2n) is 5.93. The first-order chi connectivity index (χ1) is 8.27. The van der Waals surface area contributed by atoms with Crippen LogP contribution in [0.3, 0.4) is 0 Å². The van der Waals surface area contributed by atoms with Gasteiger partial charge < -0.3 is 5.11 Å². The molecule has 0 spiro atoms. The van der Waals surface area contributed by atoms with Crippen molar-refractivity contribution in [1.29, 1.82) is 0 Å². The van der Waals surface area contributed by atoms with Gasteiger partial charge in [-0.3, -0.25) is 4.68 Å². The highest BCUT2D eigenvalue weighted by Gasteiger charge is 2.31. The van der Waals surface area contributed by atoms with Crippen molar-refractivity contribution in [2.45, 2.75) is 53.7 Å². The van der Waals surface area contributed by atoms with Crippen LogP contribution in [0.4, 0.5) is 0 Å². The van der Waals surface area contributed by atoms with Crippen LogP contribution in [0.2, 0.25) is 5.02 Å². The van der Waals surface area contributed by atoms with Gasteiger partial charge in [0, 0.05) is 6.04 Å². The minimum Gasteiger partial charge on any atom is -0.386 e. The van der Waals surface area contributed by atoms with Crippen molar-refractivity contribution in [2.75, 3.05) is 0 Å². The molecule has 0 aliphatic carbocycles. The predicted octanol–water partition coefficient (Wildman–Crippen LogP) is 4.08. The molecule has 1 N–H and O–H groups in total. The second-order valence-corrected chi connectivity index (χ2v) is 6.33. The molecule has 0 aromatic carbocycles. The summed E-state index contributed by atoms with van der Waals surface area (Å²) in [6, 6.07) is 0.196. The maximum atomic E-state index is 10.7. The van der Waals surface area contributed by atoms with Gasteiger partial charge in [0.25, 0.3) is 0 Å². The average Bonchev–Trinajstić information content (AvgIpc) is 2.58. The van der Waals surface area contributed by atoms with Crippen LogP contribution in [0.1, 0.15) is 59.4 Å². The van der Waals surface area contributed by atoms with Crippen LogP contribution in [0.5, 0.6) is 0 Å². The Morgan fingerprint density at radius 3 is 2.00 bits per heavy atom. The van der Waals surface area contributed by atoms with Crippen molar-refractivity contribution in [1.82, 2.24) is 9.78 Å². The van der Waals surface area contributed by atoms with Gasteiger partial charge in [0.05, 0.1) is 16.9 Å². The van der Waals surface area contributed by atoms with Crippen LogP contribution in [-0.2, 0) is 0 Å². The summed E-state index contributed by atoms with van der Waals surface area (Å²) in [5.41, 5.74) is 0.749. The maximum absolute atomic E-state index is 10.7. The molecule has 4 heteroatoms. The molecule has 1 atom stereocenters. The van der Waals surface area contributed by atoms with Crippen molar-refractivity contribution >= 4 is 11.6 Å². The fourth-order valence-corrected chi connectivity index (χ4v) is 2.96. The SMILES string of the molecule is CC(C)C(C(C)C)C(O)c1c(Cl)cnn1C(C)C. The zero-order chi connectivity index (χ0) is 14.0. The van der Waals surface area contributed by atoms with Crippen molar-refractivity contribution in [3.63, 3.8) is 0 Å². The Kier molecular flexibility index (Phi) is 5.23. The monoisotopic (exact) mass is 272 g/mol. The zero-order valence-electron chi connectivity index (χ0n) is 12.2. The van der Waals surface area contributed by atoms with Crippen molar-refractivity contribution in [3.8, 4) is 0 Å². The molecule has 0 amide bonds. The van der Waals surface area contributed by atoms with E-state index >= 15 is 0 Å². The summed E-state index contributed by atoms with van der Waals surface area (Å²) in [5, 5.41) is 15.5. The molecule has 0 saturated carbocycles. The predicted molar refractivity (Wildman–Crippen MR) is 75.7 cm³/mol. The fraction of sp³-hybridized carbons (Fsp3) is 0.786. The summed E-state index contributed by atoms with van der Waals surface area (Å²) >= 11 is 6.19. The second kappa shape index (κ2) is 6.07. The van der Waals surface area contributed by atoms with Crippen LogP contribution in [-0.4, -0.2) is 14.9 Å². The number of halogens is 1. The van der Waals surface area contributed by atoms with E-state index in [4.69, 9.17) is 11.6 Å². The Morgan fingerprint density at radius 2 is 1.61 bits per heavy atom. The highest BCUT2D eigenvalue weighted by molar-refractivity contribution is 6.31. The Balaban J connectivity index is 3.16. The maximum Gasteiger partial charge on any atom is 0.100 e. The van der Waals surface area contributed by atoms with Gasteiger partial charge in [-0.05, 0) is 31.6 Å². The van der Waals surface area contributed by atoms with Crippen LogP contribution in [0.25, 0.3) is 0 Å². The first-order valence-corrected chi connectivity index (χ1v) is 7.06. The Bertz CT molecular complexity index is 377. The minimum absolute atomic E-state index is 0.177. The third-order valence-corrected chi connectivity index (χ3v) is 3.75. The number of hydrogen-bond donors (Lipinski definition) is 1. The minimum atomic E-state index is -0.567. The normalized spacial score (nSPS) is 14.2. The van der Waals surface area contributed by atoms with Gasteiger partial charge in [-0.25, -0.2) is 0 Å². The largest absolute Gasteiger partial charge is 0.386 e. The van der Waals surface area contributed by atoms with Gasteiger partial charge in [0.1, 0.15) is 6.10 Å². The molecule has 0 fully saturated rings. The van der Waals surface area contributed by atoms with E-state index in [2.05, 4.69) is 32.8 Å². The van der Waals surface area contributed by atoms with E-state index < -0.39 is 6.10 Å². The van der Waals surface area contributed by atoms with Gasteiger partial charge in [-0.15, -0.1) is 0 Å². The fourth-order valence-electron chi connectivity index (χ4n) is 2.72. The number of nitrogens with zero attached hydrogens (tertiary/aromatic N) is 2. The third kappa shape index (κ3) is 3.07. The lowest BCUT2D eigenvalue weighted by atomic mass is 9.80. The van der Waals surface area contributed by atoms with E-state index in [1.807, 2.05) is 18.5 Å². The third-order valence-electron chi connectivity index (χ3n) is 3.46. The number of aromatic nitrogens is 2. The molecular formula is C14H25ClN2O. The highest BCUT2D eigenvalue weighted by atomic mass is 35.5. The van der Waals surface area contributed by atoms with Crippen LogP contribution in [0, 0.1) is 17.8 Å². The Labute approximate surface area is 115 Å². The molecule has 0 aliphatic rings.